The van der Waals surface area contributed by atoms with Crippen LogP contribution in [0.5, 0.6) is 5.75 Å². The van der Waals surface area contributed by atoms with Gasteiger partial charge >= 0.3 is 0 Å². The van der Waals surface area contributed by atoms with Gasteiger partial charge in [-0.3, -0.25) is 23.4 Å². The normalized spacial score (nSPS) is 17.1. The van der Waals surface area contributed by atoms with Gasteiger partial charge in [-0.25, -0.2) is 19.9 Å². The number of para-hydroxylation sites is 1. The SMILES string of the molecule is CC.CC.CC.CC.CC.Cc1c(C)c(C)c(C2Cc3cnc4c(c(C)nn4C)c3-c3ccccc32)c(C)c1C.Cc1nn(C)c2ccc3c(c12)-c1ccccc1C3C.Cc1nn(C)c2ncc3c(c12)-c1ccccc1C(C)C(C)C3C.Cc1nn(C)c2ncc3c(c12)-c1ccccc1C(C)C3C.Cc1nn(C)c2ncc3c(c12)-c1ccccc1OC3C. The van der Waals surface area contributed by atoms with E-state index in [0.717, 1.165) is 79.7 Å². The highest BCUT2D eigenvalue weighted by Gasteiger charge is 2.37. The van der Waals surface area contributed by atoms with Crippen molar-refractivity contribution in [3.63, 3.8) is 0 Å². The van der Waals surface area contributed by atoms with E-state index in [1.165, 1.54) is 155 Å². The van der Waals surface area contributed by atoms with Crippen molar-refractivity contribution < 1.29 is 4.74 Å². The zero-order chi connectivity index (χ0) is 89.3. The number of aromatic nitrogens is 14. The summed E-state index contributed by atoms with van der Waals surface area (Å²) >= 11 is 0. The molecule has 9 aromatic heterocycles. The maximum Gasteiger partial charge on any atom is 0.158 e. The van der Waals surface area contributed by atoms with Crippen molar-refractivity contribution >= 4 is 55.0 Å². The molecule has 0 amide bonds. The Hall–Kier alpha value is -11.7. The van der Waals surface area contributed by atoms with Crippen LogP contribution in [0, 0.1) is 75.2 Å². The van der Waals surface area contributed by atoms with Gasteiger partial charge in [0.05, 0.1) is 55.5 Å². The fourth-order valence-electron chi connectivity index (χ4n) is 20.0. The van der Waals surface area contributed by atoms with Crippen molar-refractivity contribution in [2.24, 2.45) is 41.2 Å². The second kappa shape index (κ2) is 37.6. The van der Waals surface area contributed by atoms with E-state index in [9.17, 15) is 0 Å². The highest BCUT2D eigenvalue weighted by molar-refractivity contribution is 6.04. The molecule has 21 rings (SSSR count). The third-order valence-electron chi connectivity index (χ3n) is 26.7. The van der Waals surface area contributed by atoms with Crippen LogP contribution in [0.2, 0.25) is 0 Å². The molecule has 15 nitrogen and oxygen atoms in total. The summed E-state index contributed by atoms with van der Waals surface area (Å²) in [7, 11) is 9.88. The number of nitrogens with zero attached hydrogens (tertiary/aromatic N) is 14. The Kier molecular flexibility index (Phi) is 27.6. The summed E-state index contributed by atoms with van der Waals surface area (Å²) in [6.07, 6.45) is 9.12. The second-order valence-electron chi connectivity index (χ2n) is 32.8. The second-order valence-corrected chi connectivity index (χ2v) is 32.8. The minimum Gasteiger partial charge on any atom is -0.485 e. The van der Waals surface area contributed by atoms with Gasteiger partial charge in [-0.1, -0.05) is 232 Å². The summed E-state index contributed by atoms with van der Waals surface area (Å²) in [6, 6.07) is 48.0. The first kappa shape index (κ1) is 90.5. The van der Waals surface area contributed by atoms with Gasteiger partial charge in [-0.15, -0.1) is 0 Å². The van der Waals surface area contributed by atoms with Gasteiger partial charge in [0.25, 0.3) is 0 Å². The minimum absolute atomic E-state index is 0.0106. The lowest BCUT2D eigenvalue weighted by Gasteiger charge is -2.32. The van der Waals surface area contributed by atoms with Crippen molar-refractivity contribution in [3.05, 3.63) is 270 Å². The number of ether oxygens (including phenoxy) is 1. The monoisotopic (exact) mass is 1640 g/mol. The average Bonchev–Trinajstić information content (AvgIpc) is 1.64. The first-order valence-electron chi connectivity index (χ1n) is 45.2. The summed E-state index contributed by atoms with van der Waals surface area (Å²) in [5, 5.41) is 29.0. The van der Waals surface area contributed by atoms with Crippen LogP contribution in [0.15, 0.2) is 158 Å². The third-order valence-corrected chi connectivity index (χ3v) is 26.7. The molecule has 5 aliphatic rings. The molecule has 0 N–H and O–H groups in total. The Morgan fingerprint density at radius 1 is 0.293 bits per heavy atom. The van der Waals surface area contributed by atoms with Gasteiger partial charge in [0.1, 0.15) is 11.9 Å². The van der Waals surface area contributed by atoms with E-state index >= 15 is 0 Å². The highest BCUT2D eigenvalue weighted by atomic mass is 16.5. The van der Waals surface area contributed by atoms with Crippen LogP contribution in [-0.2, 0) is 41.7 Å². The molecule has 0 radical (unpaired) electrons. The number of rotatable bonds is 1. The number of pyridine rings is 4. The molecule has 8 atom stereocenters. The zero-order valence-corrected chi connectivity index (χ0v) is 79.5. The lowest BCUT2D eigenvalue weighted by atomic mass is 9.72. The highest BCUT2D eigenvalue weighted by Crippen LogP contribution is 2.54. The van der Waals surface area contributed by atoms with Gasteiger partial charge in [-0.05, 0) is 247 Å². The lowest BCUT2D eigenvalue weighted by Crippen LogP contribution is -2.17. The fraction of sp³-hybridized carbons (Fsp3) is 0.380. The van der Waals surface area contributed by atoms with Gasteiger partial charge in [0.2, 0.25) is 0 Å². The molecule has 0 spiro atoms. The van der Waals surface area contributed by atoms with Crippen molar-refractivity contribution in [2.75, 3.05) is 0 Å². The minimum atomic E-state index is 0.0106. The van der Waals surface area contributed by atoms with E-state index in [4.69, 9.17) is 14.7 Å². The maximum absolute atomic E-state index is 5.99. The molecule has 0 fully saturated rings. The molecule has 1 aliphatic heterocycles. The van der Waals surface area contributed by atoms with E-state index in [1.807, 2.05) is 159 Å². The number of benzene rings is 7. The van der Waals surface area contributed by atoms with Crippen LogP contribution < -0.4 is 4.74 Å². The average molecular weight is 1640 g/mol. The molecule has 123 heavy (non-hydrogen) atoms. The summed E-state index contributed by atoms with van der Waals surface area (Å²) < 4.78 is 15.5. The predicted octanol–water partition coefficient (Wildman–Crippen LogP) is 27.7. The summed E-state index contributed by atoms with van der Waals surface area (Å²) in [6.45, 7) is 57.8. The van der Waals surface area contributed by atoms with Crippen LogP contribution in [-0.4, -0.2) is 68.8 Å². The molecular formula is C108H132N14O. The van der Waals surface area contributed by atoms with Crippen molar-refractivity contribution in [3.8, 4) is 61.4 Å². The molecule has 640 valence electrons. The third kappa shape index (κ3) is 15.6. The zero-order valence-electron chi connectivity index (χ0n) is 79.5. The molecule has 4 aliphatic carbocycles. The number of hydrogen-bond donors (Lipinski definition) is 0. The van der Waals surface area contributed by atoms with Crippen LogP contribution in [0.4, 0.5) is 0 Å². The predicted molar refractivity (Wildman–Crippen MR) is 517 cm³/mol. The van der Waals surface area contributed by atoms with Crippen molar-refractivity contribution in [2.45, 2.75) is 235 Å². The van der Waals surface area contributed by atoms with E-state index in [0.29, 0.717) is 41.4 Å². The Labute approximate surface area is 731 Å². The largest absolute Gasteiger partial charge is 0.485 e. The first-order chi connectivity index (χ1) is 59.2. The molecule has 0 bridgehead atoms. The summed E-state index contributed by atoms with van der Waals surface area (Å²) in [5.74, 6) is 4.34. The first-order valence-corrected chi connectivity index (χ1v) is 45.2. The molecule has 16 aromatic rings. The van der Waals surface area contributed by atoms with E-state index < -0.39 is 0 Å². The summed E-state index contributed by atoms with van der Waals surface area (Å²) in [4.78, 5) is 18.8. The molecule has 7 aromatic carbocycles. The number of hydrogen-bond acceptors (Lipinski definition) is 10. The smallest absolute Gasteiger partial charge is 0.158 e. The van der Waals surface area contributed by atoms with Gasteiger partial charge in [-0.2, -0.15) is 25.5 Å². The van der Waals surface area contributed by atoms with Crippen LogP contribution in [0.1, 0.15) is 271 Å². The van der Waals surface area contributed by atoms with Gasteiger partial charge < -0.3 is 4.74 Å². The fourth-order valence-corrected chi connectivity index (χ4v) is 20.0. The maximum atomic E-state index is 5.99. The molecule has 10 heterocycles. The van der Waals surface area contributed by atoms with Crippen LogP contribution in [0.3, 0.4) is 0 Å². The van der Waals surface area contributed by atoms with Crippen molar-refractivity contribution in [1.82, 2.24) is 68.8 Å². The Bertz CT molecular complexity index is 6540. The molecular weight excluding hydrogens is 1510 g/mol. The summed E-state index contributed by atoms with van der Waals surface area (Å²) in [5.41, 5.74) is 44.6. The Morgan fingerprint density at radius 2 is 0.618 bits per heavy atom. The Morgan fingerprint density at radius 3 is 1.10 bits per heavy atom. The molecule has 0 saturated carbocycles. The number of fused-ring (bicyclic) bond motifs is 25. The lowest BCUT2D eigenvalue weighted by molar-refractivity contribution is 0.223. The van der Waals surface area contributed by atoms with E-state index in [1.54, 1.807) is 0 Å². The Balaban J connectivity index is 0.000000138. The van der Waals surface area contributed by atoms with E-state index in [2.05, 4.69) is 280 Å². The quantitative estimate of drug-likeness (QED) is 0.155. The molecule has 0 saturated heterocycles. The molecule has 8 unspecified atom stereocenters. The van der Waals surface area contributed by atoms with Crippen LogP contribution in [0.25, 0.3) is 111 Å². The topological polar surface area (TPSA) is 150 Å². The number of aryl methyl sites for hydroxylation is 10. The van der Waals surface area contributed by atoms with Crippen LogP contribution >= 0.6 is 0 Å². The van der Waals surface area contributed by atoms with Gasteiger partial charge in [0.15, 0.2) is 22.6 Å². The molecule has 15 heteroatoms. The van der Waals surface area contributed by atoms with Gasteiger partial charge in [0, 0.05) is 93.9 Å². The standard InChI is InChI=1S/C27H29N3.C20H23N3.C18H19N3.C17H16N2.C16H15N3O.5C2H6/c1-14-15(2)17(4)24(18(5)16(14)3)23-12-20-13-28-27-25(19(6)29-30(27)7)26(20)22-11-9-8-10-21(22)23;1-11-12(2)15-8-6-7-9-16(15)19-17(13(11)3)10-21-20-18(19)14(4)22-23(20)5;1-10-11(2)15-9-19-18-16(12(3)20-21(18)4)17(15)14-8-6-5-7-13(10)14;1-10-12-6-4-5-7-14(12)17-13(10)8-9-15-16(17)11(2)18-19(15)3;1-9-14-15-11-6-4-5-7-13(11)20-10(2)12(15)8-17-16(14)19(3)18-9;5*1-2/h8-11,13,23H,12H2,1-7H3;6-13H,1-5H3;5-11H,1-4H3;4-10H,1-3H3;4-8,10H,1-3H3;5*1-2H3. The van der Waals surface area contributed by atoms with Crippen molar-refractivity contribution in [1.29, 1.82) is 0 Å². The van der Waals surface area contributed by atoms with E-state index in [-0.39, 0.29) is 6.10 Å².